The molecule has 2 atom stereocenters. The predicted molar refractivity (Wildman–Crippen MR) is 63.7 cm³/mol. The van der Waals surface area contributed by atoms with Crippen molar-refractivity contribution in [3.8, 4) is 0 Å². The summed E-state index contributed by atoms with van der Waals surface area (Å²) in [5.74, 6) is 0. The van der Waals surface area contributed by atoms with Gasteiger partial charge in [0, 0.05) is 26.2 Å². The fourth-order valence-electron chi connectivity index (χ4n) is 2.39. The first-order chi connectivity index (χ1) is 7.84. The highest BCUT2D eigenvalue weighted by atomic mass is 16.5. The highest BCUT2D eigenvalue weighted by Gasteiger charge is 2.18. The Morgan fingerprint density at radius 1 is 1.25 bits per heavy atom. The van der Waals surface area contributed by atoms with Gasteiger partial charge in [0.05, 0.1) is 18.8 Å². The van der Waals surface area contributed by atoms with Crippen LogP contribution < -0.4 is 5.32 Å². The van der Waals surface area contributed by atoms with Crippen molar-refractivity contribution in [3.63, 3.8) is 0 Å². The average molecular weight is 228 g/mol. The average Bonchev–Trinajstić information content (AvgIpc) is 2.77. The van der Waals surface area contributed by atoms with E-state index < -0.39 is 0 Å². The summed E-state index contributed by atoms with van der Waals surface area (Å²) in [6.45, 7) is 5.96. The lowest BCUT2D eigenvalue weighted by molar-refractivity contribution is -0.0184. The minimum absolute atomic E-state index is 0.364. The lowest BCUT2D eigenvalue weighted by Crippen LogP contribution is -2.45. The van der Waals surface area contributed by atoms with Crippen molar-refractivity contribution < 1.29 is 9.47 Å². The Labute approximate surface area is 98.3 Å². The molecule has 0 aromatic heterocycles. The number of hydrogen-bond donors (Lipinski definition) is 1. The number of ether oxygens (including phenoxy) is 2. The summed E-state index contributed by atoms with van der Waals surface area (Å²) in [5.41, 5.74) is 0. The van der Waals surface area contributed by atoms with E-state index in [1.807, 2.05) is 0 Å². The molecule has 0 bridgehead atoms. The minimum atomic E-state index is 0.364. The molecule has 4 heteroatoms. The Kier molecular flexibility index (Phi) is 5.03. The van der Waals surface area contributed by atoms with Gasteiger partial charge in [-0.05, 0) is 32.9 Å². The molecule has 0 aromatic rings. The van der Waals surface area contributed by atoms with Crippen LogP contribution >= 0.6 is 0 Å². The normalized spacial score (nSPS) is 32.1. The summed E-state index contributed by atoms with van der Waals surface area (Å²) in [5, 5.41) is 3.47. The Bertz CT molecular complexity index is 195. The predicted octanol–water partition coefficient (Wildman–Crippen LogP) is 0.476. The molecule has 0 aromatic carbocycles. The van der Waals surface area contributed by atoms with Crippen LogP contribution in [0, 0.1) is 0 Å². The zero-order chi connectivity index (χ0) is 11.2. The molecule has 16 heavy (non-hydrogen) atoms. The summed E-state index contributed by atoms with van der Waals surface area (Å²) in [6.07, 6.45) is 4.49. The van der Waals surface area contributed by atoms with Crippen LogP contribution in [0.2, 0.25) is 0 Å². The molecule has 2 saturated heterocycles. The summed E-state index contributed by atoms with van der Waals surface area (Å²) in [6, 6.07) is 0. The first-order valence-corrected chi connectivity index (χ1v) is 6.47. The summed E-state index contributed by atoms with van der Waals surface area (Å²) in [4.78, 5) is 2.33. The second-order valence-electron chi connectivity index (χ2n) is 4.88. The number of hydrogen-bond acceptors (Lipinski definition) is 4. The third kappa shape index (κ3) is 4.01. The molecule has 0 spiro atoms. The first kappa shape index (κ1) is 12.3. The minimum Gasteiger partial charge on any atom is -0.378 e. The molecule has 2 unspecified atom stereocenters. The first-order valence-electron chi connectivity index (χ1n) is 6.47. The molecule has 2 aliphatic heterocycles. The molecule has 0 amide bonds. The van der Waals surface area contributed by atoms with Gasteiger partial charge in [0.1, 0.15) is 0 Å². The standard InChI is InChI=1S/C12H24N2O2/c1-14-6-8-16-12(10-14)9-13-5-4-11-3-2-7-15-11/h11-13H,2-10H2,1H3. The van der Waals surface area contributed by atoms with Crippen molar-refractivity contribution in [1.82, 2.24) is 10.2 Å². The molecule has 2 fully saturated rings. The second-order valence-corrected chi connectivity index (χ2v) is 4.88. The molecule has 2 rings (SSSR count). The van der Waals surface area contributed by atoms with Crippen LogP contribution in [0.5, 0.6) is 0 Å². The quantitative estimate of drug-likeness (QED) is 0.694. The van der Waals surface area contributed by atoms with Gasteiger partial charge in [0.15, 0.2) is 0 Å². The van der Waals surface area contributed by atoms with Crippen molar-refractivity contribution in [1.29, 1.82) is 0 Å². The van der Waals surface area contributed by atoms with E-state index in [2.05, 4.69) is 17.3 Å². The van der Waals surface area contributed by atoms with Crippen molar-refractivity contribution in [2.75, 3.05) is 46.4 Å². The lowest BCUT2D eigenvalue weighted by atomic mass is 10.2. The van der Waals surface area contributed by atoms with E-state index in [-0.39, 0.29) is 0 Å². The van der Waals surface area contributed by atoms with Gasteiger partial charge in [-0.3, -0.25) is 0 Å². The maximum absolute atomic E-state index is 5.68. The smallest absolute Gasteiger partial charge is 0.0826 e. The van der Waals surface area contributed by atoms with E-state index in [1.165, 1.54) is 12.8 Å². The van der Waals surface area contributed by atoms with Gasteiger partial charge in [-0.2, -0.15) is 0 Å². The van der Waals surface area contributed by atoms with Gasteiger partial charge in [-0.15, -0.1) is 0 Å². The fraction of sp³-hybridized carbons (Fsp3) is 1.00. The van der Waals surface area contributed by atoms with Crippen LogP contribution in [-0.4, -0.2) is 63.5 Å². The number of morpholine rings is 1. The molecule has 4 nitrogen and oxygen atoms in total. The second kappa shape index (κ2) is 6.55. The Balaban J connectivity index is 1.50. The van der Waals surface area contributed by atoms with Crippen LogP contribution in [0.25, 0.3) is 0 Å². The van der Waals surface area contributed by atoms with Crippen LogP contribution in [0.3, 0.4) is 0 Å². The van der Waals surface area contributed by atoms with Crippen LogP contribution in [0.4, 0.5) is 0 Å². The van der Waals surface area contributed by atoms with Gasteiger partial charge in [0.25, 0.3) is 0 Å². The largest absolute Gasteiger partial charge is 0.378 e. The van der Waals surface area contributed by atoms with E-state index >= 15 is 0 Å². The molecule has 1 N–H and O–H groups in total. The summed E-state index contributed by atoms with van der Waals surface area (Å²) >= 11 is 0. The molecule has 0 saturated carbocycles. The number of nitrogens with one attached hydrogen (secondary N) is 1. The van der Waals surface area contributed by atoms with E-state index in [0.29, 0.717) is 12.2 Å². The van der Waals surface area contributed by atoms with E-state index in [4.69, 9.17) is 9.47 Å². The van der Waals surface area contributed by atoms with Gasteiger partial charge in [-0.1, -0.05) is 0 Å². The monoisotopic (exact) mass is 228 g/mol. The highest BCUT2D eigenvalue weighted by Crippen LogP contribution is 2.14. The van der Waals surface area contributed by atoms with Crippen molar-refractivity contribution in [3.05, 3.63) is 0 Å². The molecule has 0 aliphatic carbocycles. The van der Waals surface area contributed by atoms with Crippen molar-refractivity contribution in [2.24, 2.45) is 0 Å². The van der Waals surface area contributed by atoms with E-state index in [0.717, 1.165) is 45.8 Å². The maximum atomic E-state index is 5.68. The SMILES string of the molecule is CN1CCOC(CNCCC2CCCO2)C1. The topological polar surface area (TPSA) is 33.7 Å². The van der Waals surface area contributed by atoms with Gasteiger partial charge < -0.3 is 19.7 Å². The van der Waals surface area contributed by atoms with Crippen LogP contribution in [0.1, 0.15) is 19.3 Å². The molecular formula is C12H24N2O2. The third-order valence-corrected chi connectivity index (χ3v) is 3.38. The number of rotatable bonds is 5. The Morgan fingerprint density at radius 2 is 2.12 bits per heavy atom. The highest BCUT2D eigenvalue weighted by molar-refractivity contribution is 4.72. The molecule has 0 radical (unpaired) electrons. The molecule has 2 aliphatic rings. The summed E-state index contributed by atoms with van der Waals surface area (Å²) < 4.78 is 11.3. The fourth-order valence-corrected chi connectivity index (χ4v) is 2.39. The van der Waals surface area contributed by atoms with E-state index in [9.17, 15) is 0 Å². The van der Waals surface area contributed by atoms with Gasteiger partial charge in [0.2, 0.25) is 0 Å². The maximum Gasteiger partial charge on any atom is 0.0826 e. The van der Waals surface area contributed by atoms with E-state index in [1.54, 1.807) is 0 Å². The zero-order valence-corrected chi connectivity index (χ0v) is 10.3. The van der Waals surface area contributed by atoms with Crippen molar-refractivity contribution >= 4 is 0 Å². The zero-order valence-electron chi connectivity index (χ0n) is 10.3. The van der Waals surface area contributed by atoms with Crippen LogP contribution in [0.15, 0.2) is 0 Å². The summed E-state index contributed by atoms with van der Waals surface area (Å²) in [7, 11) is 2.15. The third-order valence-electron chi connectivity index (χ3n) is 3.38. The lowest BCUT2D eigenvalue weighted by Gasteiger charge is -2.30. The number of nitrogens with zero attached hydrogens (tertiary/aromatic N) is 1. The molecule has 94 valence electrons. The van der Waals surface area contributed by atoms with Gasteiger partial charge in [-0.25, -0.2) is 0 Å². The Morgan fingerprint density at radius 3 is 2.88 bits per heavy atom. The molecular weight excluding hydrogens is 204 g/mol. The molecule has 2 heterocycles. The Hall–Kier alpha value is -0.160. The van der Waals surface area contributed by atoms with Crippen LogP contribution in [-0.2, 0) is 9.47 Å². The van der Waals surface area contributed by atoms with Crippen molar-refractivity contribution in [2.45, 2.75) is 31.5 Å². The van der Waals surface area contributed by atoms with Gasteiger partial charge >= 0.3 is 0 Å². The number of likely N-dealkylation sites (N-methyl/N-ethyl adjacent to an activating group) is 1.